The first kappa shape index (κ1) is 15.9. The number of nitrogens with one attached hydrogen (secondary N) is 1. The molecule has 1 aromatic heterocycles. The van der Waals surface area contributed by atoms with Gasteiger partial charge in [0.2, 0.25) is 0 Å². The van der Waals surface area contributed by atoms with Crippen molar-refractivity contribution < 1.29 is 0 Å². The number of benzene rings is 1. The topological polar surface area (TPSA) is 29.9 Å². The first-order valence-electron chi connectivity index (χ1n) is 7.64. The lowest BCUT2D eigenvalue weighted by Gasteiger charge is -2.10. The Hall–Kier alpha value is -1.48. The molecule has 0 saturated carbocycles. The Balaban J connectivity index is 2.10. The van der Waals surface area contributed by atoms with Gasteiger partial charge in [0, 0.05) is 12.2 Å². The van der Waals surface area contributed by atoms with Crippen molar-refractivity contribution >= 4 is 17.3 Å². The Kier molecular flexibility index (Phi) is 5.29. The summed E-state index contributed by atoms with van der Waals surface area (Å²) in [7, 11) is 0. The molecule has 0 spiro atoms. The van der Waals surface area contributed by atoms with Crippen molar-refractivity contribution in [3.05, 3.63) is 46.2 Å². The van der Waals surface area contributed by atoms with E-state index in [-0.39, 0.29) is 0 Å². The van der Waals surface area contributed by atoms with E-state index in [1.54, 1.807) is 0 Å². The summed E-state index contributed by atoms with van der Waals surface area (Å²) in [5.74, 6) is 0.558. The second-order valence-electron chi connectivity index (χ2n) is 5.51. The predicted octanol–water partition coefficient (Wildman–Crippen LogP) is 4.85. The van der Waals surface area contributed by atoms with E-state index in [0.717, 1.165) is 35.1 Å². The van der Waals surface area contributed by atoms with Crippen LogP contribution >= 0.6 is 11.6 Å². The summed E-state index contributed by atoms with van der Waals surface area (Å²) in [6, 6.07) is 8.58. The van der Waals surface area contributed by atoms with E-state index in [2.05, 4.69) is 62.4 Å². The van der Waals surface area contributed by atoms with Crippen LogP contribution in [0, 0.1) is 0 Å². The monoisotopic (exact) mass is 305 g/mol. The third-order valence-electron chi connectivity index (χ3n) is 3.73. The summed E-state index contributed by atoms with van der Waals surface area (Å²) in [6.07, 6.45) is 0.863. The predicted molar refractivity (Wildman–Crippen MR) is 90.1 cm³/mol. The molecule has 1 heterocycles. The van der Waals surface area contributed by atoms with Crippen molar-refractivity contribution in [2.45, 2.75) is 53.1 Å². The molecule has 0 aliphatic heterocycles. The van der Waals surface area contributed by atoms with Gasteiger partial charge >= 0.3 is 0 Å². The standard InChI is InChI=1S/C17H24ClN3/c1-5-15-17(18)16(21(6-2)20-15)11-19-14-9-7-13(8-10-14)12(3)4/h7-10,12,19H,5-6,11H2,1-4H3. The van der Waals surface area contributed by atoms with Crippen molar-refractivity contribution in [2.24, 2.45) is 0 Å². The van der Waals surface area contributed by atoms with Crippen molar-refractivity contribution in [1.82, 2.24) is 9.78 Å². The van der Waals surface area contributed by atoms with E-state index in [4.69, 9.17) is 11.6 Å². The largest absolute Gasteiger partial charge is 0.379 e. The maximum absolute atomic E-state index is 6.42. The van der Waals surface area contributed by atoms with E-state index in [1.165, 1.54) is 5.56 Å². The molecule has 2 aromatic rings. The molecule has 4 heteroatoms. The van der Waals surface area contributed by atoms with Gasteiger partial charge in [0.1, 0.15) is 0 Å². The van der Waals surface area contributed by atoms with Crippen LogP contribution in [0.25, 0.3) is 0 Å². The summed E-state index contributed by atoms with van der Waals surface area (Å²) in [6.45, 7) is 10.1. The average molecular weight is 306 g/mol. The van der Waals surface area contributed by atoms with Gasteiger partial charge in [-0.25, -0.2) is 0 Å². The first-order valence-corrected chi connectivity index (χ1v) is 8.02. The van der Waals surface area contributed by atoms with Crippen LogP contribution in [0.5, 0.6) is 0 Å². The zero-order valence-corrected chi connectivity index (χ0v) is 14.0. The normalized spacial score (nSPS) is 11.1. The van der Waals surface area contributed by atoms with Crippen LogP contribution in [0.1, 0.15) is 50.6 Å². The number of hydrogen-bond acceptors (Lipinski definition) is 2. The molecule has 0 saturated heterocycles. The molecule has 0 unspecified atom stereocenters. The maximum atomic E-state index is 6.42. The molecule has 2 rings (SSSR count). The van der Waals surface area contributed by atoms with Crippen molar-refractivity contribution in [3.8, 4) is 0 Å². The molecule has 1 N–H and O–H groups in total. The second-order valence-corrected chi connectivity index (χ2v) is 5.88. The van der Waals surface area contributed by atoms with Crippen molar-refractivity contribution in [1.29, 1.82) is 0 Å². The van der Waals surface area contributed by atoms with Gasteiger partial charge in [-0.05, 0) is 37.0 Å². The fourth-order valence-corrected chi connectivity index (χ4v) is 2.69. The van der Waals surface area contributed by atoms with Gasteiger partial charge in [0.25, 0.3) is 0 Å². The highest BCUT2D eigenvalue weighted by Gasteiger charge is 2.13. The van der Waals surface area contributed by atoms with E-state index in [1.807, 2.05) is 4.68 Å². The minimum absolute atomic E-state index is 0.558. The van der Waals surface area contributed by atoms with E-state index >= 15 is 0 Å². The molecule has 0 fully saturated rings. The molecule has 114 valence electrons. The van der Waals surface area contributed by atoms with Gasteiger partial charge in [-0.15, -0.1) is 0 Å². The number of halogens is 1. The number of aromatic nitrogens is 2. The van der Waals surface area contributed by atoms with Gasteiger partial charge in [0.05, 0.1) is 23.0 Å². The molecule has 21 heavy (non-hydrogen) atoms. The van der Waals surface area contributed by atoms with Gasteiger partial charge in [-0.3, -0.25) is 4.68 Å². The summed E-state index contributed by atoms with van der Waals surface area (Å²) < 4.78 is 1.98. The number of nitrogens with zero attached hydrogens (tertiary/aromatic N) is 2. The smallest absolute Gasteiger partial charge is 0.0868 e. The second kappa shape index (κ2) is 6.99. The molecular weight excluding hydrogens is 282 g/mol. The molecule has 0 atom stereocenters. The van der Waals surface area contributed by atoms with Gasteiger partial charge < -0.3 is 5.32 Å². The molecule has 0 amide bonds. The van der Waals surface area contributed by atoms with E-state index < -0.39 is 0 Å². The minimum Gasteiger partial charge on any atom is -0.379 e. The Labute approximate surface area is 132 Å². The Morgan fingerprint density at radius 3 is 2.38 bits per heavy atom. The maximum Gasteiger partial charge on any atom is 0.0868 e. The molecule has 0 aliphatic carbocycles. The minimum atomic E-state index is 0.558. The number of aryl methyl sites for hydroxylation is 2. The molecule has 0 radical (unpaired) electrons. The lowest BCUT2D eigenvalue weighted by atomic mass is 10.0. The third kappa shape index (κ3) is 3.59. The number of hydrogen-bond donors (Lipinski definition) is 1. The highest BCUT2D eigenvalue weighted by Crippen LogP contribution is 2.23. The van der Waals surface area contributed by atoms with Crippen LogP contribution in [0.2, 0.25) is 5.02 Å². The summed E-state index contributed by atoms with van der Waals surface area (Å²) in [4.78, 5) is 0. The fourth-order valence-electron chi connectivity index (χ4n) is 2.36. The van der Waals surface area contributed by atoms with Crippen LogP contribution < -0.4 is 5.32 Å². The zero-order valence-electron chi connectivity index (χ0n) is 13.3. The van der Waals surface area contributed by atoms with Crippen LogP contribution in [0.4, 0.5) is 5.69 Å². The van der Waals surface area contributed by atoms with Crippen molar-refractivity contribution in [2.75, 3.05) is 5.32 Å². The van der Waals surface area contributed by atoms with Gasteiger partial charge in [-0.1, -0.05) is 44.5 Å². The SMILES string of the molecule is CCc1nn(CC)c(CNc2ccc(C(C)C)cc2)c1Cl. The first-order chi connectivity index (χ1) is 10.1. The highest BCUT2D eigenvalue weighted by molar-refractivity contribution is 6.31. The lowest BCUT2D eigenvalue weighted by Crippen LogP contribution is -2.08. The Bertz CT molecular complexity index is 585. The van der Waals surface area contributed by atoms with Crippen LogP contribution in [0.3, 0.4) is 0 Å². The van der Waals surface area contributed by atoms with E-state index in [9.17, 15) is 0 Å². The van der Waals surface area contributed by atoms with Gasteiger partial charge in [0.15, 0.2) is 0 Å². The van der Waals surface area contributed by atoms with Crippen LogP contribution in [-0.2, 0) is 19.5 Å². The molecular formula is C17H24ClN3. The molecule has 0 aliphatic rings. The third-order valence-corrected chi connectivity index (χ3v) is 4.17. The zero-order chi connectivity index (χ0) is 15.4. The number of rotatable bonds is 6. The van der Waals surface area contributed by atoms with Crippen molar-refractivity contribution in [3.63, 3.8) is 0 Å². The Morgan fingerprint density at radius 1 is 1.19 bits per heavy atom. The summed E-state index contributed by atoms with van der Waals surface area (Å²) in [5.41, 5.74) is 4.50. The van der Waals surface area contributed by atoms with Crippen LogP contribution in [-0.4, -0.2) is 9.78 Å². The fraction of sp³-hybridized carbons (Fsp3) is 0.471. The van der Waals surface area contributed by atoms with Gasteiger partial charge in [-0.2, -0.15) is 5.10 Å². The molecule has 3 nitrogen and oxygen atoms in total. The van der Waals surface area contributed by atoms with Crippen LogP contribution in [0.15, 0.2) is 24.3 Å². The summed E-state index contributed by atoms with van der Waals surface area (Å²) >= 11 is 6.42. The Morgan fingerprint density at radius 2 is 1.86 bits per heavy atom. The molecule has 0 bridgehead atoms. The lowest BCUT2D eigenvalue weighted by molar-refractivity contribution is 0.619. The highest BCUT2D eigenvalue weighted by atomic mass is 35.5. The quantitative estimate of drug-likeness (QED) is 0.826. The number of anilines is 1. The van der Waals surface area contributed by atoms with E-state index in [0.29, 0.717) is 12.5 Å². The summed E-state index contributed by atoms with van der Waals surface area (Å²) in [5, 5.41) is 8.77. The average Bonchev–Trinajstić information content (AvgIpc) is 2.81. The molecule has 1 aromatic carbocycles.